The predicted octanol–water partition coefficient (Wildman–Crippen LogP) is 1.41. The van der Waals surface area contributed by atoms with E-state index in [2.05, 4.69) is 38.7 Å². The zero-order valence-corrected chi connectivity index (χ0v) is 5.90. The van der Waals surface area contributed by atoms with E-state index in [4.69, 9.17) is 10.8 Å². The van der Waals surface area contributed by atoms with Crippen LogP contribution in [0.2, 0.25) is 0 Å². The fraction of sp³-hybridized carbons (Fsp3) is 0.200. The van der Waals surface area contributed by atoms with Crippen molar-refractivity contribution in [1.29, 1.82) is 10.8 Å². The summed E-state index contributed by atoms with van der Waals surface area (Å²) in [6, 6.07) is 0. The maximum atomic E-state index is 6.00. The second kappa shape index (κ2) is 4.77. The van der Waals surface area contributed by atoms with Gasteiger partial charge in [-0.3, -0.25) is 0 Å². The molecule has 2 nitrogen and oxygen atoms in total. The van der Waals surface area contributed by atoms with E-state index in [1.54, 1.807) is 0 Å². The Morgan fingerprint density at radius 3 is 2.25 bits per heavy atom. The number of nitrogens with zero attached hydrogens (tertiary/aromatic N) is 2. The van der Waals surface area contributed by atoms with E-state index in [0.717, 1.165) is 0 Å². The molecule has 0 aliphatic heterocycles. The van der Waals surface area contributed by atoms with Gasteiger partial charge in [-0.05, 0) is 0 Å². The van der Waals surface area contributed by atoms with Gasteiger partial charge in [-0.1, -0.05) is 0 Å². The molecule has 8 heavy (non-hydrogen) atoms. The van der Waals surface area contributed by atoms with Crippen molar-refractivity contribution in [2.24, 2.45) is 0 Å². The van der Waals surface area contributed by atoms with Crippen molar-refractivity contribution in [1.82, 2.24) is 0 Å². The van der Waals surface area contributed by atoms with Crippen LogP contribution in [0.15, 0.2) is 22.1 Å². The van der Waals surface area contributed by atoms with Crippen LogP contribution in [0.1, 0.15) is 6.42 Å². The van der Waals surface area contributed by atoms with Gasteiger partial charge in [-0.25, -0.2) is 0 Å². The quantitative estimate of drug-likeness (QED) is 0.378. The number of rotatable bonds is 0. The molecule has 1 aliphatic carbocycles. The second-order valence-electron chi connectivity index (χ2n) is 1.32. The minimum atomic E-state index is 1.17. The normalized spacial score (nSPS) is 13.9. The van der Waals surface area contributed by atoms with Gasteiger partial charge in [0.25, 0.3) is 0 Å². The van der Waals surface area contributed by atoms with Crippen molar-refractivity contribution < 1.29 is 20.4 Å². The van der Waals surface area contributed by atoms with Crippen molar-refractivity contribution in [2.45, 2.75) is 6.42 Å². The van der Waals surface area contributed by atoms with Gasteiger partial charge in [0.15, 0.2) is 0 Å². The standard InChI is InChI=1S/C5H5.N2.Ti/c1-2-4-5-3-1;1-2;/h1-3H,4H2;;. The first kappa shape index (κ1) is 7.61. The van der Waals surface area contributed by atoms with Crippen LogP contribution < -0.4 is 0 Å². The van der Waals surface area contributed by atoms with Crippen LogP contribution in [0.5, 0.6) is 0 Å². The number of hydrogen-bond donors (Lipinski definition) is 0. The van der Waals surface area contributed by atoms with Gasteiger partial charge in [0, 0.05) is 10.8 Å². The molecule has 1 aliphatic rings. The van der Waals surface area contributed by atoms with Gasteiger partial charge < -0.3 is 0 Å². The Bertz CT molecular complexity index is 135. The molecule has 0 saturated carbocycles. The molecule has 0 bridgehead atoms. The first-order valence-corrected chi connectivity index (χ1v) is 2.95. The van der Waals surface area contributed by atoms with Crippen LogP contribution in [0.25, 0.3) is 0 Å². The SMILES string of the molecule is N#N.[Ti][C]1=CC=CC1. The summed E-state index contributed by atoms with van der Waals surface area (Å²) in [4.78, 5) is 0. The summed E-state index contributed by atoms with van der Waals surface area (Å²) in [6.45, 7) is 0. The zero-order chi connectivity index (χ0) is 6.41. The van der Waals surface area contributed by atoms with E-state index in [9.17, 15) is 0 Å². The van der Waals surface area contributed by atoms with Gasteiger partial charge in [-0.15, -0.1) is 0 Å². The molecule has 0 unspecified atom stereocenters. The number of hydrogen-bond acceptors (Lipinski definition) is 2. The Labute approximate surface area is 60.1 Å². The average molecular weight is 141 g/mol. The summed E-state index contributed by atoms with van der Waals surface area (Å²) < 4.78 is 1.47. The first-order valence-electron chi connectivity index (χ1n) is 2.17. The Kier molecular flexibility index (Phi) is 4.54. The van der Waals surface area contributed by atoms with Crippen LogP contribution in [0, 0.1) is 10.8 Å². The first-order chi connectivity index (χ1) is 3.89. The molecule has 0 atom stereocenters. The van der Waals surface area contributed by atoms with Gasteiger partial charge >= 0.3 is 49.0 Å². The molecule has 0 fully saturated rings. The second-order valence-corrected chi connectivity index (χ2v) is 2.33. The molecular weight excluding hydrogens is 136 g/mol. The Morgan fingerprint density at radius 1 is 1.50 bits per heavy atom. The molecule has 0 spiro atoms. The molecule has 0 N–H and O–H groups in total. The van der Waals surface area contributed by atoms with Gasteiger partial charge in [0.1, 0.15) is 0 Å². The molecule has 0 aromatic heterocycles. The third-order valence-corrected chi connectivity index (χ3v) is 1.35. The monoisotopic (exact) mass is 141 g/mol. The molecular formula is C5H5N2Ti. The third-order valence-electron chi connectivity index (χ3n) is 0.771. The Hall–Kier alpha value is -0.386. The predicted molar refractivity (Wildman–Crippen MR) is 25.3 cm³/mol. The van der Waals surface area contributed by atoms with Crippen LogP contribution >= 0.6 is 0 Å². The third kappa shape index (κ3) is 2.73. The molecule has 3 heteroatoms. The van der Waals surface area contributed by atoms with Gasteiger partial charge in [0.2, 0.25) is 0 Å². The van der Waals surface area contributed by atoms with E-state index in [-0.39, 0.29) is 0 Å². The van der Waals surface area contributed by atoms with E-state index in [1.807, 2.05) is 0 Å². The molecule has 1 rings (SSSR count). The van der Waals surface area contributed by atoms with Crippen LogP contribution in [-0.4, -0.2) is 0 Å². The topological polar surface area (TPSA) is 47.6 Å². The van der Waals surface area contributed by atoms with Gasteiger partial charge in [0.05, 0.1) is 0 Å². The van der Waals surface area contributed by atoms with Crippen LogP contribution in [0.3, 0.4) is 0 Å². The Balaban J connectivity index is 0.000000222. The molecule has 0 saturated heterocycles. The average Bonchev–Trinajstić information content (AvgIpc) is 2.24. The van der Waals surface area contributed by atoms with Crippen LogP contribution in [0.4, 0.5) is 0 Å². The fourth-order valence-corrected chi connectivity index (χ4v) is 0.782. The number of allylic oxidation sites excluding steroid dienone is 4. The van der Waals surface area contributed by atoms with E-state index in [1.165, 1.54) is 10.3 Å². The molecule has 0 aromatic carbocycles. The summed E-state index contributed by atoms with van der Waals surface area (Å²) >= 11 is 2.14. The maximum absolute atomic E-state index is 6.00. The van der Waals surface area contributed by atoms with Crippen LogP contribution in [-0.2, 0) is 20.4 Å². The summed E-state index contributed by atoms with van der Waals surface area (Å²) in [7, 11) is 0. The summed E-state index contributed by atoms with van der Waals surface area (Å²) in [5, 5.41) is 12.0. The molecule has 0 aromatic rings. The van der Waals surface area contributed by atoms with Crippen molar-refractivity contribution >= 4 is 0 Å². The van der Waals surface area contributed by atoms with Crippen molar-refractivity contribution in [2.75, 3.05) is 0 Å². The molecule has 39 valence electrons. The summed E-state index contributed by atoms with van der Waals surface area (Å²) in [5.41, 5.74) is 0. The summed E-state index contributed by atoms with van der Waals surface area (Å²) in [5.74, 6) is 0. The van der Waals surface area contributed by atoms with E-state index >= 15 is 0 Å². The van der Waals surface area contributed by atoms with Crippen molar-refractivity contribution in [3.05, 3.63) is 22.1 Å². The zero-order valence-electron chi connectivity index (χ0n) is 4.33. The van der Waals surface area contributed by atoms with Crippen molar-refractivity contribution in [3.8, 4) is 0 Å². The van der Waals surface area contributed by atoms with E-state index < -0.39 is 0 Å². The molecule has 0 amide bonds. The van der Waals surface area contributed by atoms with Crippen molar-refractivity contribution in [3.63, 3.8) is 0 Å². The Morgan fingerprint density at radius 2 is 2.12 bits per heavy atom. The molecule has 0 heterocycles. The molecule has 0 radical (unpaired) electrons. The van der Waals surface area contributed by atoms with E-state index in [0.29, 0.717) is 0 Å². The van der Waals surface area contributed by atoms with Gasteiger partial charge in [-0.2, -0.15) is 0 Å². The fourth-order valence-electron chi connectivity index (χ4n) is 0.447. The minimum absolute atomic E-state index is 1.17. The summed E-state index contributed by atoms with van der Waals surface area (Å²) in [6.07, 6.45) is 7.56.